The number of piperidine rings is 1. The lowest BCUT2D eigenvalue weighted by Crippen LogP contribution is -2.48. The summed E-state index contributed by atoms with van der Waals surface area (Å²) in [5.41, 5.74) is 2.44. The third kappa shape index (κ3) is 7.46. The quantitative estimate of drug-likeness (QED) is 0.298. The second-order valence-electron chi connectivity index (χ2n) is 6.96. The van der Waals surface area contributed by atoms with Crippen LogP contribution < -0.4 is 15.5 Å². The van der Waals surface area contributed by atoms with Crippen molar-refractivity contribution in [2.75, 3.05) is 31.1 Å². The van der Waals surface area contributed by atoms with E-state index >= 15 is 0 Å². The number of aliphatic imine (C=N–C) groups is 1. The first kappa shape index (κ1) is 24.0. The molecule has 3 rings (SSSR count). The number of guanidine groups is 1. The van der Waals surface area contributed by atoms with Crippen LogP contribution in [-0.4, -0.2) is 38.2 Å². The molecule has 1 aromatic carbocycles. The molecule has 1 saturated heterocycles. The van der Waals surface area contributed by atoms with Crippen LogP contribution in [0.2, 0.25) is 0 Å². The van der Waals surface area contributed by atoms with E-state index in [2.05, 4.69) is 64.2 Å². The van der Waals surface area contributed by atoms with E-state index in [0.717, 1.165) is 45.0 Å². The first-order valence-electron chi connectivity index (χ1n) is 10.3. The molecule has 0 spiro atoms. The van der Waals surface area contributed by atoms with Gasteiger partial charge in [0.2, 0.25) is 0 Å². The molecule has 0 radical (unpaired) electrons. The van der Waals surface area contributed by atoms with E-state index in [9.17, 15) is 0 Å². The highest BCUT2D eigenvalue weighted by Gasteiger charge is 2.20. The smallest absolute Gasteiger partial charge is 0.191 e. The number of thiophene rings is 1. The fraction of sp³-hybridized carbons (Fsp3) is 0.500. The van der Waals surface area contributed by atoms with E-state index in [1.807, 2.05) is 18.3 Å². The van der Waals surface area contributed by atoms with E-state index in [-0.39, 0.29) is 24.0 Å². The van der Waals surface area contributed by atoms with Crippen molar-refractivity contribution in [1.82, 2.24) is 10.6 Å². The summed E-state index contributed by atoms with van der Waals surface area (Å²) in [6.07, 6.45) is 2.26. The average Bonchev–Trinajstić information content (AvgIpc) is 3.27. The van der Waals surface area contributed by atoms with Gasteiger partial charge in [0, 0.05) is 32.3 Å². The maximum absolute atomic E-state index is 5.59. The summed E-state index contributed by atoms with van der Waals surface area (Å²) in [7, 11) is 0. The highest BCUT2D eigenvalue weighted by Crippen LogP contribution is 2.24. The summed E-state index contributed by atoms with van der Waals surface area (Å²) in [6.45, 7) is 9.22. The molecule has 5 nitrogen and oxygen atoms in total. The van der Waals surface area contributed by atoms with Crippen LogP contribution in [-0.2, 0) is 17.9 Å². The van der Waals surface area contributed by atoms with Crippen molar-refractivity contribution in [3.8, 4) is 0 Å². The minimum Gasteiger partial charge on any atom is -0.377 e. The molecule has 160 valence electrons. The zero-order valence-corrected chi connectivity index (χ0v) is 20.5. The second-order valence-corrected chi connectivity index (χ2v) is 7.88. The molecule has 1 fully saturated rings. The van der Waals surface area contributed by atoms with Crippen molar-refractivity contribution in [2.24, 2.45) is 4.99 Å². The van der Waals surface area contributed by atoms with Crippen molar-refractivity contribution >= 4 is 46.3 Å². The number of benzene rings is 1. The molecule has 7 heteroatoms. The van der Waals surface area contributed by atoms with Crippen LogP contribution in [0.15, 0.2) is 46.8 Å². The fourth-order valence-electron chi connectivity index (χ4n) is 3.44. The van der Waals surface area contributed by atoms with Gasteiger partial charge in [-0.1, -0.05) is 24.3 Å². The normalized spacial score (nSPS) is 15.1. The first-order chi connectivity index (χ1) is 13.8. The van der Waals surface area contributed by atoms with Crippen LogP contribution in [0.3, 0.4) is 0 Å². The molecule has 0 bridgehead atoms. The maximum atomic E-state index is 5.59. The number of nitrogens with one attached hydrogen (secondary N) is 2. The Balaban J connectivity index is 0.00000300. The minimum atomic E-state index is 0. The predicted octanol–water partition coefficient (Wildman–Crippen LogP) is 4.63. The average molecular weight is 529 g/mol. The van der Waals surface area contributed by atoms with Crippen molar-refractivity contribution in [3.05, 3.63) is 52.9 Å². The Hall–Kier alpha value is -1.32. The van der Waals surface area contributed by atoms with Gasteiger partial charge >= 0.3 is 0 Å². The molecule has 0 amide bonds. The third-order valence-corrected chi connectivity index (χ3v) is 5.91. The van der Waals surface area contributed by atoms with Crippen LogP contribution in [0.5, 0.6) is 0 Å². The van der Waals surface area contributed by atoms with E-state index in [0.29, 0.717) is 19.2 Å². The van der Waals surface area contributed by atoms with Crippen LogP contribution in [0.1, 0.15) is 37.8 Å². The Kier molecular flexibility index (Phi) is 10.8. The minimum absolute atomic E-state index is 0. The van der Waals surface area contributed by atoms with E-state index in [1.165, 1.54) is 16.1 Å². The van der Waals surface area contributed by atoms with E-state index < -0.39 is 0 Å². The fourth-order valence-corrected chi connectivity index (χ4v) is 4.22. The van der Waals surface area contributed by atoms with Gasteiger partial charge < -0.3 is 20.3 Å². The molecule has 2 aromatic rings. The van der Waals surface area contributed by atoms with Crippen molar-refractivity contribution < 1.29 is 4.74 Å². The molecular weight excluding hydrogens is 495 g/mol. The molecule has 2 N–H and O–H groups in total. The first-order valence-corrected chi connectivity index (χ1v) is 11.2. The lowest BCUT2D eigenvalue weighted by atomic mass is 10.1. The Morgan fingerprint density at radius 1 is 1.14 bits per heavy atom. The number of rotatable bonds is 8. The van der Waals surface area contributed by atoms with Crippen LogP contribution >= 0.6 is 35.3 Å². The SMILES string of the molecule is CCNC(=NCc1ccccc1COCC)NC1CCN(c2cccs2)CC1.I. The second kappa shape index (κ2) is 13.1. The summed E-state index contributed by atoms with van der Waals surface area (Å²) < 4.78 is 5.59. The van der Waals surface area contributed by atoms with Gasteiger partial charge in [-0.2, -0.15) is 0 Å². The van der Waals surface area contributed by atoms with Gasteiger partial charge in [0.05, 0.1) is 18.2 Å². The number of halogens is 1. The number of ether oxygens (including phenoxy) is 1. The Morgan fingerprint density at radius 2 is 1.90 bits per heavy atom. The lowest BCUT2D eigenvalue weighted by molar-refractivity contribution is 0.133. The standard InChI is InChI=1S/C22H32N4OS.HI/c1-3-23-22(24-16-18-8-5-6-9-19(18)17-27-4-2)25-20-11-13-26(14-12-20)21-10-7-15-28-21;/h5-10,15,20H,3-4,11-14,16-17H2,1-2H3,(H2,23,24,25);1H. The summed E-state index contributed by atoms with van der Waals surface area (Å²) in [5, 5.41) is 10.6. The molecule has 1 aliphatic heterocycles. The van der Waals surface area contributed by atoms with Gasteiger partial charge in [-0.3, -0.25) is 0 Å². The predicted molar refractivity (Wildman–Crippen MR) is 135 cm³/mol. The van der Waals surface area contributed by atoms with Crippen molar-refractivity contribution in [3.63, 3.8) is 0 Å². The molecule has 0 atom stereocenters. The van der Waals surface area contributed by atoms with Crippen LogP contribution in [0.4, 0.5) is 5.00 Å². The Morgan fingerprint density at radius 3 is 2.55 bits per heavy atom. The summed E-state index contributed by atoms with van der Waals surface area (Å²) in [6, 6.07) is 13.2. The van der Waals surface area contributed by atoms with Gasteiger partial charge in [0.15, 0.2) is 5.96 Å². The lowest BCUT2D eigenvalue weighted by Gasteiger charge is -2.33. The Labute approximate surface area is 196 Å². The Bertz CT molecular complexity index is 730. The van der Waals surface area contributed by atoms with Gasteiger partial charge in [0.1, 0.15) is 0 Å². The highest BCUT2D eigenvalue weighted by molar-refractivity contribution is 14.0. The van der Waals surface area contributed by atoms with E-state index in [4.69, 9.17) is 9.73 Å². The molecule has 1 aliphatic rings. The van der Waals surface area contributed by atoms with Crippen molar-refractivity contribution in [2.45, 2.75) is 45.9 Å². The molecular formula is C22H33IN4OS. The molecule has 0 saturated carbocycles. The molecule has 2 heterocycles. The molecule has 29 heavy (non-hydrogen) atoms. The maximum Gasteiger partial charge on any atom is 0.191 e. The number of nitrogens with zero attached hydrogens (tertiary/aromatic N) is 2. The molecule has 0 aliphatic carbocycles. The summed E-state index contributed by atoms with van der Waals surface area (Å²) in [4.78, 5) is 7.33. The molecule has 0 unspecified atom stereocenters. The summed E-state index contributed by atoms with van der Waals surface area (Å²) in [5.74, 6) is 0.906. The highest BCUT2D eigenvalue weighted by atomic mass is 127. The van der Waals surface area contributed by atoms with Gasteiger partial charge in [-0.25, -0.2) is 4.99 Å². The van der Waals surface area contributed by atoms with Gasteiger partial charge in [-0.05, 0) is 55.3 Å². The van der Waals surface area contributed by atoms with Gasteiger partial charge in [0.25, 0.3) is 0 Å². The monoisotopic (exact) mass is 528 g/mol. The van der Waals surface area contributed by atoms with Crippen LogP contribution in [0, 0.1) is 0 Å². The zero-order valence-electron chi connectivity index (χ0n) is 17.4. The van der Waals surface area contributed by atoms with Crippen LogP contribution in [0.25, 0.3) is 0 Å². The molecule has 1 aromatic heterocycles. The van der Waals surface area contributed by atoms with E-state index in [1.54, 1.807) is 0 Å². The topological polar surface area (TPSA) is 48.9 Å². The van der Waals surface area contributed by atoms with Crippen molar-refractivity contribution in [1.29, 1.82) is 0 Å². The number of hydrogen-bond donors (Lipinski definition) is 2. The number of anilines is 1. The summed E-state index contributed by atoms with van der Waals surface area (Å²) >= 11 is 1.82. The largest absolute Gasteiger partial charge is 0.377 e. The zero-order chi connectivity index (χ0) is 19.6. The van der Waals surface area contributed by atoms with Gasteiger partial charge in [-0.15, -0.1) is 35.3 Å². The number of hydrogen-bond acceptors (Lipinski definition) is 4. The third-order valence-electron chi connectivity index (χ3n) is 4.99.